The van der Waals surface area contributed by atoms with Crippen molar-refractivity contribution in [1.82, 2.24) is 9.78 Å². The van der Waals surface area contributed by atoms with Crippen molar-refractivity contribution < 1.29 is 37.6 Å². The lowest BCUT2D eigenvalue weighted by molar-refractivity contribution is -0.129. The molecular weight excluding hydrogens is 544 g/mol. The summed E-state index contributed by atoms with van der Waals surface area (Å²) < 4.78 is 32.7. The molecule has 0 saturated heterocycles. The van der Waals surface area contributed by atoms with Gasteiger partial charge in [0.2, 0.25) is 0 Å². The van der Waals surface area contributed by atoms with Crippen LogP contribution in [0, 0.1) is 6.92 Å². The standard InChI is InChI=1S/C26H20N4O9S/c1-15-7-9-16(10-8-15)29-23(31)19(21(27-29)25(33)34)5-3-2-4-6-20-22(26(35)36)28-30(24(20)32)17-11-13-18(14-12-17)40(37,38)39/h2-14,27H,1H3,(H,33,34)(H,35,36)(H,37,38,39). The normalized spacial score (nSPS) is 14.9. The molecule has 3 aromatic rings. The van der Waals surface area contributed by atoms with E-state index in [2.05, 4.69) is 10.2 Å². The Balaban J connectivity index is 1.59. The van der Waals surface area contributed by atoms with E-state index >= 15 is 0 Å². The predicted molar refractivity (Wildman–Crippen MR) is 143 cm³/mol. The minimum atomic E-state index is -4.47. The molecule has 0 fully saturated rings. The van der Waals surface area contributed by atoms with Crippen LogP contribution in [0.5, 0.6) is 0 Å². The SMILES string of the molecule is Cc1ccc(-n2[nH]c(C(=O)O)c(C=CC=CC=C3C(=O)N(c4ccc(S(=O)(=O)O)cc4)N=C3C(=O)O)c2=O)cc1. The van der Waals surface area contributed by atoms with Crippen molar-refractivity contribution in [3.8, 4) is 5.69 Å². The van der Waals surface area contributed by atoms with Crippen molar-refractivity contribution in [3.63, 3.8) is 0 Å². The van der Waals surface area contributed by atoms with Gasteiger partial charge in [0, 0.05) is 0 Å². The number of anilines is 1. The Hall–Kier alpha value is -5.34. The third kappa shape index (κ3) is 5.57. The van der Waals surface area contributed by atoms with Crippen molar-refractivity contribution in [3.05, 3.63) is 106 Å². The van der Waals surface area contributed by atoms with Crippen molar-refractivity contribution in [2.45, 2.75) is 11.8 Å². The van der Waals surface area contributed by atoms with E-state index in [1.54, 1.807) is 24.3 Å². The van der Waals surface area contributed by atoms with E-state index in [0.717, 1.165) is 27.4 Å². The summed E-state index contributed by atoms with van der Waals surface area (Å²) in [4.78, 5) is 48.7. The zero-order valence-corrected chi connectivity index (χ0v) is 21.4. The number of H-pyrrole nitrogens is 1. The maximum absolute atomic E-state index is 12.9. The molecule has 4 rings (SSSR count). The van der Waals surface area contributed by atoms with Gasteiger partial charge in [-0.1, -0.05) is 35.9 Å². The summed E-state index contributed by atoms with van der Waals surface area (Å²) >= 11 is 0. The van der Waals surface area contributed by atoms with Crippen LogP contribution < -0.4 is 10.6 Å². The van der Waals surface area contributed by atoms with E-state index in [4.69, 9.17) is 4.55 Å². The molecule has 0 unspecified atom stereocenters. The smallest absolute Gasteiger partial charge is 0.357 e. The molecule has 1 aliphatic rings. The molecule has 2 heterocycles. The molecule has 14 heteroatoms. The highest BCUT2D eigenvalue weighted by Crippen LogP contribution is 2.25. The first kappa shape index (κ1) is 27.7. The maximum atomic E-state index is 12.9. The first-order chi connectivity index (χ1) is 18.9. The van der Waals surface area contributed by atoms with E-state index in [1.165, 1.54) is 42.5 Å². The fourth-order valence-electron chi connectivity index (χ4n) is 3.67. The summed E-state index contributed by atoms with van der Waals surface area (Å²) in [5.41, 5.74) is -0.479. The van der Waals surface area contributed by atoms with E-state index in [-0.39, 0.29) is 22.5 Å². The number of allylic oxidation sites excluding steroid dienone is 4. The summed E-state index contributed by atoms with van der Waals surface area (Å²) in [6, 6.07) is 11.2. The average Bonchev–Trinajstić information content (AvgIpc) is 3.41. The summed E-state index contributed by atoms with van der Waals surface area (Å²) in [6.45, 7) is 1.87. The molecule has 0 radical (unpaired) electrons. The number of rotatable bonds is 8. The Morgan fingerprint density at radius 3 is 2.10 bits per heavy atom. The van der Waals surface area contributed by atoms with Crippen LogP contribution in [0.15, 0.2) is 93.2 Å². The molecule has 13 nitrogen and oxygen atoms in total. The number of amides is 1. The van der Waals surface area contributed by atoms with Gasteiger partial charge in [0.15, 0.2) is 11.4 Å². The molecule has 1 aliphatic heterocycles. The average molecular weight is 565 g/mol. The molecule has 4 N–H and O–H groups in total. The van der Waals surface area contributed by atoms with Crippen molar-refractivity contribution in [2.24, 2.45) is 5.10 Å². The Kier molecular flexibility index (Phi) is 7.48. The van der Waals surface area contributed by atoms with E-state index < -0.39 is 44.1 Å². The van der Waals surface area contributed by atoms with Gasteiger partial charge < -0.3 is 10.2 Å². The molecule has 0 aliphatic carbocycles. The summed E-state index contributed by atoms with van der Waals surface area (Å²) in [6.07, 6.45) is 6.44. The minimum absolute atomic E-state index is 0.0574. The lowest BCUT2D eigenvalue weighted by atomic mass is 10.1. The number of aromatic nitrogens is 2. The fraction of sp³-hybridized carbons (Fsp3) is 0.0385. The highest BCUT2D eigenvalue weighted by Gasteiger charge is 2.34. The molecule has 2 aromatic carbocycles. The van der Waals surface area contributed by atoms with E-state index in [0.29, 0.717) is 5.69 Å². The Morgan fingerprint density at radius 1 is 0.900 bits per heavy atom. The highest BCUT2D eigenvalue weighted by molar-refractivity contribution is 7.85. The van der Waals surface area contributed by atoms with Gasteiger partial charge in [0.05, 0.1) is 27.4 Å². The van der Waals surface area contributed by atoms with Gasteiger partial charge in [0.1, 0.15) is 0 Å². The van der Waals surface area contributed by atoms with Crippen LogP contribution in [-0.4, -0.2) is 56.5 Å². The Labute approximate surface area is 226 Å². The molecule has 204 valence electrons. The molecule has 40 heavy (non-hydrogen) atoms. The monoisotopic (exact) mass is 564 g/mol. The van der Waals surface area contributed by atoms with Gasteiger partial charge in [0.25, 0.3) is 21.6 Å². The molecular formula is C26H20N4O9S. The molecule has 0 bridgehead atoms. The number of nitrogens with one attached hydrogen (secondary N) is 1. The lowest BCUT2D eigenvalue weighted by Crippen LogP contribution is -2.22. The van der Waals surface area contributed by atoms with Crippen LogP contribution in [0.25, 0.3) is 11.8 Å². The molecule has 0 saturated carbocycles. The predicted octanol–water partition coefficient (Wildman–Crippen LogP) is 2.40. The first-order valence-electron chi connectivity index (χ1n) is 11.3. The number of carboxylic acid groups (broad SMARTS) is 2. The van der Waals surface area contributed by atoms with Gasteiger partial charge in [-0.3, -0.25) is 19.2 Å². The number of aryl methyl sites for hydroxylation is 1. The number of carbonyl (C=O) groups is 3. The topological polar surface area (TPSA) is 199 Å². The molecule has 0 spiro atoms. The Morgan fingerprint density at radius 2 is 1.52 bits per heavy atom. The zero-order chi connectivity index (χ0) is 29.2. The molecule has 1 amide bonds. The second-order valence-corrected chi connectivity index (χ2v) is 9.77. The number of carbonyl (C=O) groups excluding carboxylic acids is 1. The third-order valence-corrected chi connectivity index (χ3v) is 6.51. The number of hydrazone groups is 1. The van der Waals surface area contributed by atoms with Crippen LogP contribution in [0.4, 0.5) is 5.69 Å². The van der Waals surface area contributed by atoms with Crippen molar-refractivity contribution >= 4 is 45.4 Å². The second kappa shape index (κ2) is 10.8. The second-order valence-electron chi connectivity index (χ2n) is 8.35. The maximum Gasteiger partial charge on any atom is 0.357 e. The lowest BCUT2D eigenvalue weighted by Gasteiger charge is -2.11. The number of aromatic carboxylic acids is 1. The molecule has 0 atom stereocenters. The third-order valence-electron chi connectivity index (χ3n) is 5.64. The summed E-state index contributed by atoms with van der Waals surface area (Å²) in [7, 11) is -4.47. The fourth-order valence-corrected chi connectivity index (χ4v) is 4.15. The highest BCUT2D eigenvalue weighted by atomic mass is 32.2. The van der Waals surface area contributed by atoms with Crippen LogP contribution in [-0.2, 0) is 19.7 Å². The van der Waals surface area contributed by atoms with Crippen LogP contribution in [0.3, 0.4) is 0 Å². The number of aliphatic carboxylic acids is 1. The van der Waals surface area contributed by atoms with Gasteiger partial charge in [-0.05, 0) is 55.5 Å². The van der Waals surface area contributed by atoms with Gasteiger partial charge in [-0.2, -0.15) is 18.5 Å². The number of benzene rings is 2. The first-order valence-corrected chi connectivity index (χ1v) is 12.8. The van der Waals surface area contributed by atoms with Gasteiger partial charge in [-0.15, -0.1) is 0 Å². The largest absolute Gasteiger partial charge is 0.477 e. The van der Waals surface area contributed by atoms with E-state index in [1.807, 2.05) is 6.92 Å². The zero-order valence-electron chi connectivity index (χ0n) is 20.5. The number of hydrogen-bond donors (Lipinski definition) is 4. The number of hydrogen-bond acceptors (Lipinski definition) is 7. The van der Waals surface area contributed by atoms with Crippen LogP contribution in [0.1, 0.15) is 21.6 Å². The van der Waals surface area contributed by atoms with Crippen molar-refractivity contribution in [1.29, 1.82) is 0 Å². The summed E-state index contributed by atoms with van der Waals surface area (Å²) in [5.74, 6) is -3.65. The molecule has 1 aromatic heterocycles. The number of aromatic amines is 1. The number of carboxylic acids is 2. The quantitative estimate of drug-likeness (QED) is 0.180. The van der Waals surface area contributed by atoms with Crippen molar-refractivity contribution in [2.75, 3.05) is 5.01 Å². The number of nitrogens with zero attached hydrogens (tertiary/aromatic N) is 3. The van der Waals surface area contributed by atoms with Crippen LogP contribution >= 0.6 is 0 Å². The van der Waals surface area contributed by atoms with Gasteiger partial charge in [-0.25, -0.2) is 14.3 Å². The summed E-state index contributed by atoms with van der Waals surface area (Å²) in [5, 5.41) is 26.1. The van der Waals surface area contributed by atoms with Gasteiger partial charge >= 0.3 is 11.9 Å². The minimum Gasteiger partial charge on any atom is -0.477 e. The van der Waals surface area contributed by atoms with E-state index in [9.17, 15) is 37.8 Å². The van der Waals surface area contributed by atoms with Crippen LogP contribution in [0.2, 0.25) is 0 Å². The Bertz CT molecular complexity index is 1810.